The molecule has 1 aromatic rings. The van der Waals surface area contributed by atoms with Crippen LogP contribution < -0.4 is 15.4 Å². The van der Waals surface area contributed by atoms with Crippen LogP contribution in [0.3, 0.4) is 0 Å². The van der Waals surface area contributed by atoms with Gasteiger partial charge in [-0.2, -0.15) is 0 Å². The Morgan fingerprint density at radius 3 is 2.67 bits per heavy atom. The van der Waals surface area contributed by atoms with Crippen molar-refractivity contribution in [3.05, 3.63) is 18.2 Å². The first-order valence-electron chi connectivity index (χ1n) is 7.21. The van der Waals surface area contributed by atoms with E-state index in [9.17, 15) is 8.42 Å². The molecule has 1 aromatic carbocycles. The van der Waals surface area contributed by atoms with E-state index < -0.39 is 10.0 Å². The van der Waals surface area contributed by atoms with E-state index in [1.807, 2.05) is 0 Å². The van der Waals surface area contributed by atoms with Crippen LogP contribution in [0.15, 0.2) is 23.1 Å². The van der Waals surface area contributed by atoms with Crippen molar-refractivity contribution in [3.8, 4) is 0 Å². The molecule has 118 valence electrons. The fourth-order valence-corrected chi connectivity index (χ4v) is 3.52. The first kappa shape index (κ1) is 16.1. The molecule has 1 atom stereocenters. The summed E-state index contributed by atoms with van der Waals surface area (Å²) >= 11 is 0. The molecule has 2 rings (SSSR count). The molecule has 1 unspecified atom stereocenters. The fraction of sp³-hybridized carbons (Fsp3) is 0.571. The van der Waals surface area contributed by atoms with Crippen molar-refractivity contribution in [1.82, 2.24) is 9.62 Å². The maximum absolute atomic E-state index is 11.9. The van der Waals surface area contributed by atoms with Crippen LogP contribution in [0.5, 0.6) is 0 Å². The predicted octanol–water partition coefficient (Wildman–Crippen LogP) is 0.707. The first-order chi connectivity index (χ1) is 9.89. The Kier molecular flexibility index (Phi) is 4.75. The van der Waals surface area contributed by atoms with Crippen molar-refractivity contribution in [1.29, 1.82) is 0 Å². The second-order valence-corrected chi connectivity index (χ2v) is 7.24. The molecule has 0 saturated carbocycles. The number of rotatable bonds is 4. The number of nitrogens with one attached hydrogen (secondary N) is 1. The van der Waals surface area contributed by atoms with Gasteiger partial charge in [-0.1, -0.05) is 6.92 Å². The van der Waals surface area contributed by atoms with Gasteiger partial charge in [-0.25, -0.2) is 13.1 Å². The molecule has 7 heteroatoms. The molecule has 0 spiro atoms. The fourth-order valence-electron chi connectivity index (χ4n) is 2.77. The lowest BCUT2D eigenvalue weighted by Gasteiger charge is -2.41. The number of nitrogens with zero attached hydrogens (tertiary/aromatic N) is 2. The minimum absolute atomic E-state index is 0.250. The Balaban J connectivity index is 2.30. The zero-order valence-corrected chi connectivity index (χ0v) is 13.7. The minimum atomic E-state index is -3.45. The summed E-state index contributed by atoms with van der Waals surface area (Å²) in [5.41, 5.74) is 7.46. The number of benzene rings is 1. The van der Waals surface area contributed by atoms with Crippen LogP contribution in [0.25, 0.3) is 0 Å². The highest BCUT2D eigenvalue weighted by atomic mass is 32.2. The van der Waals surface area contributed by atoms with Gasteiger partial charge in [0.25, 0.3) is 0 Å². The normalized spacial score (nSPS) is 20.7. The molecule has 1 saturated heterocycles. The van der Waals surface area contributed by atoms with Gasteiger partial charge in [0.15, 0.2) is 0 Å². The number of sulfonamides is 1. The van der Waals surface area contributed by atoms with Crippen molar-refractivity contribution in [2.75, 3.05) is 43.9 Å². The van der Waals surface area contributed by atoms with Crippen LogP contribution in [0.1, 0.15) is 13.8 Å². The molecule has 6 nitrogen and oxygen atoms in total. The molecule has 0 radical (unpaired) electrons. The monoisotopic (exact) mass is 312 g/mol. The Bertz CT molecular complexity index is 603. The van der Waals surface area contributed by atoms with Gasteiger partial charge in [0, 0.05) is 25.7 Å². The van der Waals surface area contributed by atoms with Gasteiger partial charge in [-0.15, -0.1) is 0 Å². The summed E-state index contributed by atoms with van der Waals surface area (Å²) in [6, 6.07) is 5.29. The Labute approximate surface area is 127 Å². The summed E-state index contributed by atoms with van der Waals surface area (Å²) < 4.78 is 26.2. The van der Waals surface area contributed by atoms with Crippen LogP contribution in [0.4, 0.5) is 11.4 Å². The van der Waals surface area contributed by atoms with E-state index in [4.69, 9.17) is 5.73 Å². The number of anilines is 2. The van der Waals surface area contributed by atoms with E-state index in [1.165, 1.54) is 13.1 Å². The molecule has 3 N–H and O–H groups in total. The van der Waals surface area contributed by atoms with E-state index in [0.717, 1.165) is 31.9 Å². The van der Waals surface area contributed by atoms with Gasteiger partial charge in [0.05, 0.1) is 16.3 Å². The largest absolute Gasteiger partial charge is 0.397 e. The van der Waals surface area contributed by atoms with Gasteiger partial charge in [0.2, 0.25) is 10.0 Å². The van der Waals surface area contributed by atoms with Crippen molar-refractivity contribution in [2.45, 2.75) is 24.8 Å². The summed E-state index contributed by atoms with van der Waals surface area (Å²) in [5, 5.41) is 0. The molecular weight excluding hydrogens is 288 g/mol. The molecule has 0 amide bonds. The second-order valence-electron chi connectivity index (χ2n) is 5.35. The maximum Gasteiger partial charge on any atom is 0.240 e. The molecule has 21 heavy (non-hydrogen) atoms. The average molecular weight is 312 g/mol. The van der Waals surface area contributed by atoms with E-state index in [1.54, 1.807) is 12.1 Å². The predicted molar refractivity (Wildman–Crippen MR) is 86.0 cm³/mol. The Morgan fingerprint density at radius 2 is 2.10 bits per heavy atom. The van der Waals surface area contributed by atoms with Crippen molar-refractivity contribution in [2.24, 2.45) is 0 Å². The molecule has 1 heterocycles. The molecular formula is C14H24N4O2S. The molecule has 1 fully saturated rings. The number of nitrogens with two attached hydrogens (primary N) is 1. The van der Waals surface area contributed by atoms with Gasteiger partial charge in [-0.05, 0) is 38.7 Å². The number of likely N-dealkylation sites (N-methyl/N-ethyl adjacent to an activating group) is 1. The van der Waals surface area contributed by atoms with E-state index >= 15 is 0 Å². The lowest BCUT2D eigenvalue weighted by atomic mass is 10.1. The van der Waals surface area contributed by atoms with E-state index in [2.05, 4.69) is 28.4 Å². The quantitative estimate of drug-likeness (QED) is 0.801. The lowest BCUT2D eigenvalue weighted by molar-refractivity contribution is 0.199. The van der Waals surface area contributed by atoms with Crippen molar-refractivity contribution >= 4 is 21.4 Å². The van der Waals surface area contributed by atoms with Crippen LogP contribution in [0, 0.1) is 0 Å². The third kappa shape index (κ3) is 3.30. The second kappa shape index (κ2) is 6.21. The standard InChI is InChI=1S/C14H24N4O2S/c1-4-17-7-8-18(10-11(17)2)14-9-12(5-6-13(14)15)21(19,20)16-3/h5-6,9,11,16H,4,7-8,10,15H2,1-3H3. The molecule has 0 bridgehead atoms. The lowest BCUT2D eigenvalue weighted by Crippen LogP contribution is -2.51. The summed E-state index contributed by atoms with van der Waals surface area (Å²) in [6.45, 7) is 8.02. The summed E-state index contributed by atoms with van der Waals surface area (Å²) in [5.74, 6) is 0. The summed E-state index contributed by atoms with van der Waals surface area (Å²) in [7, 11) is -2.04. The number of piperazine rings is 1. The Hall–Kier alpha value is -1.31. The van der Waals surface area contributed by atoms with Crippen molar-refractivity contribution in [3.63, 3.8) is 0 Å². The van der Waals surface area contributed by atoms with Gasteiger partial charge >= 0.3 is 0 Å². The molecule has 1 aliphatic heterocycles. The van der Waals surface area contributed by atoms with Crippen LogP contribution in [0.2, 0.25) is 0 Å². The maximum atomic E-state index is 11.9. The average Bonchev–Trinajstić information content (AvgIpc) is 2.47. The smallest absolute Gasteiger partial charge is 0.240 e. The zero-order chi connectivity index (χ0) is 15.6. The SMILES string of the molecule is CCN1CCN(c2cc(S(=O)(=O)NC)ccc2N)CC1C. The van der Waals surface area contributed by atoms with Gasteiger partial charge < -0.3 is 10.6 Å². The van der Waals surface area contributed by atoms with E-state index in [0.29, 0.717) is 11.7 Å². The van der Waals surface area contributed by atoms with Gasteiger partial charge in [-0.3, -0.25) is 4.90 Å². The van der Waals surface area contributed by atoms with E-state index in [-0.39, 0.29) is 4.90 Å². The van der Waals surface area contributed by atoms with Crippen LogP contribution in [-0.4, -0.2) is 52.6 Å². The number of hydrogen-bond donors (Lipinski definition) is 2. The summed E-state index contributed by atoms with van der Waals surface area (Å²) in [6.07, 6.45) is 0. The third-order valence-electron chi connectivity index (χ3n) is 4.09. The third-order valence-corrected chi connectivity index (χ3v) is 5.50. The Morgan fingerprint density at radius 1 is 1.38 bits per heavy atom. The molecule has 0 aromatic heterocycles. The van der Waals surface area contributed by atoms with Crippen molar-refractivity contribution < 1.29 is 8.42 Å². The van der Waals surface area contributed by atoms with Gasteiger partial charge in [0.1, 0.15) is 0 Å². The zero-order valence-electron chi connectivity index (χ0n) is 12.8. The van der Waals surface area contributed by atoms with Crippen LogP contribution in [-0.2, 0) is 10.0 Å². The number of hydrogen-bond acceptors (Lipinski definition) is 5. The molecule has 0 aliphatic carbocycles. The highest BCUT2D eigenvalue weighted by Gasteiger charge is 2.24. The first-order valence-corrected chi connectivity index (χ1v) is 8.69. The topological polar surface area (TPSA) is 78.7 Å². The molecule has 1 aliphatic rings. The minimum Gasteiger partial charge on any atom is -0.397 e. The number of nitrogen functional groups attached to an aromatic ring is 1. The highest BCUT2D eigenvalue weighted by molar-refractivity contribution is 7.89. The van der Waals surface area contributed by atoms with Crippen LogP contribution >= 0.6 is 0 Å². The highest BCUT2D eigenvalue weighted by Crippen LogP contribution is 2.28. The summed E-state index contributed by atoms with van der Waals surface area (Å²) in [4.78, 5) is 4.82.